The van der Waals surface area contributed by atoms with Crippen LogP contribution in [0.5, 0.6) is 0 Å². The van der Waals surface area contributed by atoms with Crippen LogP contribution in [0.4, 0.5) is 5.69 Å². The molecule has 0 bridgehead atoms. The van der Waals surface area contributed by atoms with Gasteiger partial charge in [-0.1, -0.05) is 51.1 Å². The summed E-state index contributed by atoms with van der Waals surface area (Å²) in [6.07, 6.45) is 0.774. The van der Waals surface area contributed by atoms with Crippen molar-refractivity contribution in [1.82, 2.24) is 4.90 Å². The average molecular weight is 364 g/mol. The number of para-hydroxylation sites is 1. The van der Waals surface area contributed by atoms with E-state index in [0.717, 1.165) is 28.1 Å². The van der Waals surface area contributed by atoms with E-state index >= 15 is 0 Å². The third-order valence-corrected chi connectivity index (χ3v) is 4.99. The molecule has 0 aromatic heterocycles. The van der Waals surface area contributed by atoms with Crippen LogP contribution in [0.3, 0.4) is 0 Å². The molecule has 27 heavy (non-hydrogen) atoms. The first-order valence-corrected chi connectivity index (χ1v) is 9.23. The van der Waals surface area contributed by atoms with E-state index in [1.54, 1.807) is 24.3 Å². The predicted octanol–water partition coefficient (Wildman–Crippen LogP) is 3.82. The fraction of sp³-hybridized carbons (Fsp3) is 0.318. The third-order valence-electron chi connectivity index (χ3n) is 4.99. The van der Waals surface area contributed by atoms with E-state index in [1.807, 2.05) is 45.9 Å². The lowest BCUT2D eigenvalue weighted by atomic mass is 10.00. The van der Waals surface area contributed by atoms with E-state index in [2.05, 4.69) is 5.32 Å². The fourth-order valence-electron chi connectivity index (χ4n) is 3.58. The van der Waals surface area contributed by atoms with Crippen LogP contribution in [0.15, 0.2) is 42.5 Å². The van der Waals surface area contributed by atoms with Crippen molar-refractivity contribution < 1.29 is 14.4 Å². The maximum Gasteiger partial charge on any atom is 0.262 e. The first-order valence-electron chi connectivity index (χ1n) is 9.23. The van der Waals surface area contributed by atoms with Crippen molar-refractivity contribution in [3.05, 3.63) is 64.7 Å². The predicted molar refractivity (Wildman–Crippen MR) is 105 cm³/mol. The van der Waals surface area contributed by atoms with Crippen LogP contribution in [-0.4, -0.2) is 28.7 Å². The molecule has 1 aliphatic rings. The molecular weight excluding hydrogens is 340 g/mol. The molecule has 0 saturated heterocycles. The molecule has 1 heterocycles. The van der Waals surface area contributed by atoms with Gasteiger partial charge in [0.25, 0.3) is 11.8 Å². The zero-order valence-corrected chi connectivity index (χ0v) is 16.1. The number of hydrogen-bond donors (Lipinski definition) is 1. The van der Waals surface area contributed by atoms with Crippen molar-refractivity contribution in [3.8, 4) is 0 Å². The quantitative estimate of drug-likeness (QED) is 0.820. The van der Waals surface area contributed by atoms with Gasteiger partial charge in [-0.15, -0.1) is 0 Å². The van der Waals surface area contributed by atoms with Crippen molar-refractivity contribution in [3.63, 3.8) is 0 Å². The van der Waals surface area contributed by atoms with Gasteiger partial charge < -0.3 is 5.32 Å². The number of anilines is 1. The number of rotatable bonds is 5. The van der Waals surface area contributed by atoms with Crippen LogP contribution in [0, 0.1) is 12.8 Å². The maximum atomic E-state index is 13.1. The Morgan fingerprint density at radius 1 is 1.00 bits per heavy atom. The Hall–Kier alpha value is -2.95. The molecule has 2 aromatic rings. The van der Waals surface area contributed by atoms with Gasteiger partial charge in [0.1, 0.15) is 6.04 Å². The zero-order valence-electron chi connectivity index (χ0n) is 16.1. The molecular formula is C22H24N2O3. The highest BCUT2D eigenvalue weighted by Gasteiger charge is 2.44. The van der Waals surface area contributed by atoms with Gasteiger partial charge in [0.2, 0.25) is 5.91 Å². The Morgan fingerprint density at radius 3 is 2.11 bits per heavy atom. The van der Waals surface area contributed by atoms with E-state index in [9.17, 15) is 14.4 Å². The standard InChI is InChI=1S/C22H24N2O3/c1-5-15-10-8-9-14(4)18(15)23-20(25)19(13(2)3)24-21(26)16-11-6-7-12-17(16)22(24)27/h6-13,19H,5H2,1-4H3,(H,23,25). The van der Waals surface area contributed by atoms with Crippen molar-refractivity contribution >= 4 is 23.4 Å². The SMILES string of the molecule is CCc1cccc(C)c1NC(=O)C(C(C)C)N1C(=O)c2ccccc2C1=O. The van der Waals surface area contributed by atoms with Crippen LogP contribution in [0.2, 0.25) is 0 Å². The first-order chi connectivity index (χ1) is 12.9. The molecule has 1 N–H and O–H groups in total. The topological polar surface area (TPSA) is 66.5 Å². The second-order valence-corrected chi connectivity index (χ2v) is 7.17. The monoisotopic (exact) mass is 364 g/mol. The average Bonchev–Trinajstić information content (AvgIpc) is 2.89. The second-order valence-electron chi connectivity index (χ2n) is 7.17. The zero-order chi connectivity index (χ0) is 19.7. The van der Waals surface area contributed by atoms with Gasteiger partial charge >= 0.3 is 0 Å². The van der Waals surface area contributed by atoms with E-state index in [0.29, 0.717) is 11.1 Å². The molecule has 3 rings (SSSR count). The number of nitrogens with one attached hydrogen (secondary N) is 1. The fourth-order valence-corrected chi connectivity index (χ4v) is 3.58. The lowest BCUT2D eigenvalue weighted by molar-refractivity contribution is -0.121. The summed E-state index contributed by atoms with van der Waals surface area (Å²) in [7, 11) is 0. The number of carbonyl (C=O) groups excluding carboxylic acids is 3. The molecule has 0 saturated carbocycles. The summed E-state index contributed by atoms with van der Waals surface area (Å²) in [5, 5.41) is 2.97. The Balaban J connectivity index is 1.95. The van der Waals surface area contributed by atoms with E-state index in [1.165, 1.54) is 0 Å². The summed E-state index contributed by atoms with van der Waals surface area (Å²) in [6.45, 7) is 7.63. The summed E-state index contributed by atoms with van der Waals surface area (Å²) >= 11 is 0. The van der Waals surface area contributed by atoms with E-state index < -0.39 is 17.9 Å². The lowest BCUT2D eigenvalue weighted by Crippen LogP contribution is -2.50. The highest BCUT2D eigenvalue weighted by atomic mass is 16.2. The molecule has 2 aromatic carbocycles. The first kappa shape index (κ1) is 18.8. The van der Waals surface area contributed by atoms with Gasteiger partial charge in [-0.25, -0.2) is 0 Å². The molecule has 1 aliphatic heterocycles. The Labute approximate surface area is 159 Å². The number of carbonyl (C=O) groups is 3. The Kier molecular flexibility index (Phi) is 5.13. The van der Waals surface area contributed by atoms with E-state index in [4.69, 9.17) is 0 Å². The van der Waals surface area contributed by atoms with Crippen molar-refractivity contribution in [2.45, 2.75) is 40.2 Å². The number of hydrogen-bond acceptors (Lipinski definition) is 3. The molecule has 1 atom stereocenters. The largest absolute Gasteiger partial charge is 0.324 e. The van der Waals surface area contributed by atoms with Crippen LogP contribution in [0.1, 0.15) is 52.6 Å². The van der Waals surface area contributed by atoms with Gasteiger partial charge in [-0.2, -0.15) is 0 Å². The summed E-state index contributed by atoms with van der Waals surface area (Å²) < 4.78 is 0. The van der Waals surface area contributed by atoms with Gasteiger partial charge in [0.15, 0.2) is 0 Å². The number of amides is 3. The Bertz CT molecular complexity index is 883. The third kappa shape index (κ3) is 3.25. The van der Waals surface area contributed by atoms with Crippen LogP contribution in [0.25, 0.3) is 0 Å². The van der Waals surface area contributed by atoms with Crippen molar-refractivity contribution in [1.29, 1.82) is 0 Å². The molecule has 5 heteroatoms. The highest BCUT2D eigenvalue weighted by Crippen LogP contribution is 2.29. The van der Waals surface area contributed by atoms with Crippen LogP contribution >= 0.6 is 0 Å². The van der Waals surface area contributed by atoms with Crippen molar-refractivity contribution in [2.24, 2.45) is 5.92 Å². The van der Waals surface area contributed by atoms with Gasteiger partial charge in [-0.3, -0.25) is 19.3 Å². The summed E-state index contributed by atoms with van der Waals surface area (Å²) in [6, 6.07) is 11.7. The number of aryl methyl sites for hydroxylation is 2. The van der Waals surface area contributed by atoms with Gasteiger partial charge in [0.05, 0.1) is 11.1 Å². The molecule has 5 nitrogen and oxygen atoms in total. The molecule has 0 fully saturated rings. The molecule has 1 unspecified atom stereocenters. The van der Waals surface area contributed by atoms with Gasteiger partial charge in [-0.05, 0) is 42.5 Å². The number of nitrogens with zero attached hydrogens (tertiary/aromatic N) is 1. The molecule has 0 aliphatic carbocycles. The summed E-state index contributed by atoms with van der Waals surface area (Å²) in [4.78, 5) is 39.9. The number of fused-ring (bicyclic) bond motifs is 1. The van der Waals surface area contributed by atoms with Gasteiger partial charge in [0, 0.05) is 5.69 Å². The maximum absolute atomic E-state index is 13.1. The lowest BCUT2D eigenvalue weighted by Gasteiger charge is -2.29. The number of imide groups is 1. The molecule has 0 radical (unpaired) electrons. The summed E-state index contributed by atoms with van der Waals surface area (Å²) in [5.41, 5.74) is 3.44. The highest BCUT2D eigenvalue weighted by molar-refractivity contribution is 6.23. The smallest absolute Gasteiger partial charge is 0.262 e. The molecule has 0 spiro atoms. The molecule has 140 valence electrons. The molecule has 3 amide bonds. The minimum atomic E-state index is -0.873. The second kappa shape index (κ2) is 7.35. The van der Waals surface area contributed by atoms with E-state index in [-0.39, 0.29) is 11.8 Å². The van der Waals surface area contributed by atoms with Crippen LogP contribution in [-0.2, 0) is 11.2 Å². The Morgan fingerprint density at radius 2 is 1.59 bits per heavy atom. The normalized spacial score (nSPS) is 14.5. The minimum Gasteiger partial charge on any atom is -0.324 e. The van der Waals surface area contributed by atoms with Crippen molar-refractivity contribution in [2.75, 3.05) is 5.32 Å². The number of benzene rings is 2. The minimum absolute atomic E-state index is 0.221. The van der Waals surface area contributed by atoms with Crippen LogP contribution < -0.4 is 5.32 Å². The summed E-state index contributed by atoms with van der Waals surface area (Å²) in [5.74, 6) is -1.39.